The minimum atomic E-state index is -0.254. The SMILES string of the molecule is CSCC(=O)N1CC[C@@]2(CCCN(CC3CCC3)C2=O)C1. The van der Waals surface area contributed by atoms with Crippen molar-refractivity contribution in [3.05, 3.63) is 0 Å². The molecule has 21 heavy (non-hydrogen) atoms. The highest BCUT2D eigenvalue weighted by atomic mass is 32.2. The number of rotatable bonds is 4. The van der Waals surface area contributed by atoms with E-state index in [4.69, 9.17) is 0 Å². The Hall–Kier alpha value is -0.710. The second kappa shape index (κ2) is 6.19. The monoisotopic (exact) mass is 310 g/mol. The molecule has 1 saturated carbocycles. The number of thioether (sulfide) groups is 1. The maximum Gasteiger partial charge on any atom is 0.232 e. The summed E-state index contributed by atoms with van der Waals surface area (Å²) < 4.78 is 0. The quantitative estimate of drug-likeness (QED) is 0.797. The molecule has 0 aromatic carbocycles. The molecule has 1 spiro atoms. The summed E-state index contributed by atoms with van der Waals surface area (Å²) in [5.41, 5.74) is -0.254. The van der Waals surface area contributed by atoms with Crippen molar-refractivity contribution in [2.45, 2.75) is 38.5 Å². The predicted molar refractivity (Wildman–Crippen MR) is 85.2 cm³/mol. The largest absolute Gasteiger partial charge is 0.342 e. The van der Waals surface area contributed by atoms with Gasteiger partial charge in [-0.15, -0.1) is 0 Å². The molecule has 4 nitrogen and oxygen atoms in total. The highest BCUT2D eigenvalue weighted by Crippen LogP contribution is 2.41. The lowest BCUT2D eigenvalue weighted by atomic mass is 9.77. The molecule has 5 heteroatoms. The minimum absolute atomic E-state index is 0.197. The average molecular weight is 310 g/mol. The molecule has 0 aromatic heterocycles. The number of hydrogen-bond donors (Lipinski definition) is 0. The van der Waals surface area contributed by atoms with Gasteiger partial charge in [0.25, 0.3) is 0 Å². The molecule has 0 N–H and O–H groups in total. The zero-order chi connectivity index (χ0) is 14.9. The first kappa shape index (κ1) is 15.2. The van der Waals surface area contributed by atoms with Gasteiger partial charge in [0, 0.05) is 26.2 Å². The fourth-order valence-corrected chi connectivity index (χ4v) is 4.42. The molecule has 0 unspecified atom stereocenters. The molecule has 2 heterocycles. The first-order valence-corrected chi connectivity index (χ1v) is 9.60. The summed E-state index contributed by atoms with van der Waals surface area (Å²) in [7, 11) is 0. The van der Waals surface area contributed by atoms with E-state index < -0.39 is 0 Å². The van der Waals surface area contributed by atoms with Crippen LogP contribution in [0.5, 0.6) is 0 Å². The van der Waals surface area contributed by atoms with E-state index in [9.17, 15) is 9.59 Å². The molecule has 3 aliphatic rings. The van der Waals surface area contributed by atoms with Crippen molar-refractivity contribution in [3.63, 3.8) is 0 Å². The van der Waals surface area contributed by atoms with Crippen molar-refractivity contribution in [2.75, 3.05) is 38.2 Å². The lowest BCUT2D eigenvalue weighted by molar-refractivity contribution is -0.147. The minimum Gasteiger partial charge on any atom is -0.342 e. The zero-order valence-electron chi connectivity index (χ0n) is 13.0. The summed E-state index contributed by atoms with van der Waals surface area (Å²) in [6.45, 7) is 3.31. The molecule has 1 atom stereocenters. The van der Waals surface area contributed by atoms with E-state index in [1.165, 1.54) is 19.3 Å². The number of likely N-dealkylation sites (tertiary alicyclic amines) is 2. The normalized spacial score (nSPS) is 30.0. The van der Waals surface area contributed by atoms with Crippen LogP contribution in [0.2, 0.25) is 0 Å². The van der Waals surface area contributed by atoms with Gasteiger partial charge in [-0.05, 0) is 44.3 Å². The summed E-state index contributed by atoms with van der Waals surface area (Å²) in [6.07, 6.45) is 8.79. The van der Waals surface area contributed by atoms with Crippen molar-refractivity contribution in [1.82, 2.24) is 9.80 Å². The molecule has 3 rings (SSSR count). The Morgan fingerprint density at radius 2 is 2.10 bits per heavy atom. The van der Waals surface area contributed by atoms with Crippen LogP contribution < -0.4 is 0 Å². The van der Waals surface area contributed by atoms with E-state index in [1.54, 1.807) is 11.8 Å². The van der Waals surface area contributed by atoms with Gasteiger partial charge in [-0.1, -0.05) is 6.42 Å². The Labute approximate surface area is 131 Å². The molecular weight excluding hydrogens is 284 g/mol. The molecule has 3 fully saturated rings. The van der Waals surface area contributed by atoms with Crippen LogP contribution >= 0.6 is 11.8 Å². The topological polar surface area (TPSA) is 40.6 Å². The number of nitrogens with zero attached hydrogens (tertiary/aromatic N) is 2. The third-order valence-electron chi connectivity index (χ3n) is 5.50. The molecule has 2 saturated heterocycles. The molecule has 0 radical (unpaired) electrons. The van der Waals surface area contributed by atoms with Gasteiger partial charge in [0.05, 0.1) is 11.2 Å². The summed E-state index contributed by atoms with van der Waals surface area (Å²) >= 11 is 1.57. The number of piperidine rings is 1. The van der Waals surface area contributed by atoms with E-state index in [2.05, 4.69) is 4.90 Å². The maximum absolute atomic E-state index is 12.9. The molecule has 0 bridgehead atoms. The van der Waals surface area contributed by atoms with Gasteiger partial charge in [-0.25, -0.2) is 0 Å². The Bertz CT molecular complexity index is 425. The molecule has 2 amide bonds. The summed E-state index contributed by atoms with van der Waals surface area (Å²) in [5, 5.41) is 0. The number of hydrogen-bond acceptors (Lipinski definition) is 3. The smallest absolute Gasteiger partial charge is 0.232 e. The summed E-state index contributed by atoms with van der Waals surface area (Å²) in [4.78, 5) is 29.0. The highest BCUT2D eigenvalue weighted by molar-refractivity contribution is 7.99. The summed E-state index contributed by atoms with van der Waals surface area (Å²) in [5.74, 6) is 1.80. The zero-order valence-corrected chi connectivity index (χ0v) is 13.8. The van der Waals surface area contributed by atoms with Gasteiger partial charge in [-0.3, -0.25) is 9.59 Å². The van der Waals surface area contributed by atoms with Crippen molar-refractivity contribution in [1.29, 1.82) is 0 Å². The van der Waals surface area contributed by atoms with E-state index in [0.717, 1.165) is 44.8 Å². The lowest BCUT2D eigenvalue weighted by Gasteiger charge is -2.42. The standard InChI is InChI=1S/C16H26N2O2S/c1-21-11-14(19)18-9-7-16(12-18)6-3-8-17(15(16)20)10-13-4-2-5-13/h13H,2-12H2,1H3/t16-/m0/s1. The Morgan fingerprint density at radius 3 is 2.76 bits per heavy atom. The number of carbonyl (C=O) groups is 2. The van der Waals surface area contributed by atoms with Gasteiger partial charge in [0.1, 0.15) is 0 Å². The van der Waals surface area contributed by atoms with Crippen LogP contribution in [0.3, 0.4) is 0 Å². The van der Waals surface area contributed by atoms with Gasteiger partial charge < -0.3 is 9.80 Å². The van der Waals surface area contributed by atoms with E-state index >= 15 is 0 Å². The van der Waals surface area contributed by atoms with Crippen molar-refractivity contribution < 1.29 is 9.59 Å². The highest BCUT2D eigenvalue weighted by Gasteiger charge is 2.49. The summed E-state index contributed by atoms with van der Waals surface area (Å²) in [6, 6.07) is 0. The van der Waals surface area contributed by atoms with Crippen LogP contribution in [-0.4, -0.2) is 59.8 Å². The second-order valence-electron chi connectivity index (χ2n) is 6.93. The third kappa shape index (κ3) is 2.94. The van der Waals surface area contributed by atoms with Crippen LogP contribution in [0.4, 0.5) is 0 Å². The maximum atomic E-state index is 12.9. The van der Waals surface area contributed by atoms with Gasteiger partial charge >= 0.3 is 0 Å². The molecule has 118 valence electrons. The number of carbonyl (C=O) groups excluding carboxylic acids is 2. The lowest BCUT2D eigenvalue weighted by Crippen LogP contribution is -2.52. The van der Waals surface area contributed by atoms with Gasteiger partial charge in [-0.2, -0.15) is 11.8 Å². The van der Waals surface area contributed by atoms with Crippen LogP contribution in [0.25, 0.3) is 0 Å². The van der Waals surface area contributed by atoms with Crippen molar-refractivity contribution in [2.24, 2.45) is 11.3 Å². The van der Waals surface area contributed by atoms with E-state index in [1.807, 2.05) is 11.2 Å². The van der Waals surface area contributed by atoms with Gasteiger partial charge in [0.15, 0.2) is 0 Å². The fraction of sp³-hybridized carbons (Fsp3) is 0.875. The molecule has 0 aromatic rings. The van der Waals surface area contributed by atoms with E-state index in [0.29, 0.717) is 18.2 Å². The Kier molecular flexibility index (Phi) is 4.48. The molecule has 2 aliphatic heterocycles. The number of amides is 2. The second-order valence-corrected chi connectivity index (χ2v) is 7.80. The fourth-order valence-electron chi connectivity index (χ4n) is 3.99. The molecular formula is C16H26N2O2S. The van der Waals surface area contributed by atoms with Gasteiger partial charge in [0.2, 0.25) is 11.8 Å². The van der Waals surface area contributed by atoms with Crippen LogP contribution in [-0.2, 0) is 9.59 Å². The van der Waals surface area contributed by atoms with Crippen LogP contribution in [0.1, 0.15) is 38.5 Å². The predicted octanol–water partition coefficient (Wildman–Crippen LogP) is 1.99. The van der Waals surface area contributed by atoms with Crippen molar-refractivity contribution in [3.8, 4) is 0 Å². The average Bonchev–Trinajstić information content (AvgIpc) is 2.84. The molecule has 1 aliphatic carbocycles. The third-order valence-corrected chi connectivity index (χ3v) is 6.04. The Balaban J connectivity index is 1.63. The first-order chi connectivity index (χ1) is 10.1. The van der Waals surface area contributed by atoms with Crippen molar-refractivity contribution >= 4 is 23.6 Å². The Morgan fingerprint density at radius 1 is 1.29 bits per heavy atom. The van der Waals surface area contributed by atoms with Crippen LogP contribution in [0.15, 0.2) is 0 Å². The first-order valence-electron chi connectivity index (χ1n) is 8.21. The van der Waals surface area contributed by atoms with Crippen LogP contribution in [0, 0.1) is 11.3 Å². The van der Waals surface area contributed by atoms with E-state index in [-0.39, 0.29) is 11.3 Å².